The fourth-order valence-corrected chi connectivity index (χ4v) is 1.79. The number of hydrogen-bond acceptors (Lipinski definition) is 3. The zero-order chi connectivity index (χ0) is 15.2. The lowest BCUT2D eigenvalue weighted by Crippen LogP contribution is -2.28. The fraction of sp³-hybridized carbons (Fsp3) is 0.200. The molecular formula is C15H15FN4O. The number of halogens is 1. The SMILES string of the molecule is CC(NC(=O)c1cc(C#CCN)ccc1F)c1ncc[nH]1. The summed E-state index contributed by atoms with van der Waals surface area (Å²) in [6.45, 7) is 1.96. The fourth-order valence-electron chi connectivity index (χ4n) is 1.79. The van der Waals surface area contributed by atoms with Crippen LogP contribution in [0.15, 0.2) is 30.6 Å². The Morgan fingerprint density at radius 1 is 1.57 bits per heavy atom. The molecule has 1 aromatic heterocycles. The molecule has 0 bridgehead atoms. The number of nitrogens with zero attached hydrogens (tertiary/aromatic N) is 1. The van der Waals surface area contributed by atoms with Crippen LogP contribution in [0.25, 0.3) is 0 Å². The first-order valence-corrected chi connectivity index (χ1v) is 6.40. The van der Waals surface area contributed by atoms with E-state index in [9.17, 15) is 9.18 Å². The predicted octanol–water partition coefficient (Wildman–Crippen LogP) is 1.35. The third-order valence-corrected chi connectivity index (χ3v) is 2.82. The van der Waals surface area contributed by atoms with Crippen molar-refractivity contribution in [3.05, 3.63) is 53.4 Å². The Hall–Kier alpha value is -2.65. The number of H-pyrrole nitrogens is 1. The molecule has 1 atom stereocenters. The highest BCUT2D eigenvalue weighted by Gasteiger charge is 2.16. The largest absolute Gasteiger partial charge is 0.347 e. The van der Waals surface area contributed by atoms with E-state index in [1.165, 1.54) is 18.2 Å². The number of nitrogens with two attached hydrogens (primary N) is 1. The number of aromatic amines is 1. The Morgan fingerprint density at radius 3 is 3.05 bits per heavy atom. The van der Waals surface area contributed by atoms with Gasteiger partial charge in [0, 0.05) is 18.0 Å². The van der Waals surface area contributed by atoms with E-state index in [1.54, 1.807) is 19.3 Å². The van der Waals surface area contributed by atoms with Crippen molar-refractivity contribution in [3.8, 4) is 11.8 Å². The van der Waals surface area contributed by atoms with Crippen molar-refractivity contribution < 1.29 is 9.18 Å². The zero-order valence-electron chi connectivity index (χ0n) is 11.5. The van der Waals surface area contributed by atoms with E-state index >= 15 is 0 Å². The second-order valence-electron chi connectivity index (χ2n) is 4.37. The van der Waals surface area contributed by atoms with Gasteiger partial charge in [0.15, 0.2) is 0 Å². The first kappa shape index (κ1) is 14.8. The second kappa shape index (κ2) is 6.68. The minimum absolute atomic E-state index is 0.0581. The number of imidazole rings is 1. The van der Waals surface area contributed by atoms with Crippen LogP contribution in [0.5, 0.6) is 0 Å². The molecule has 0 aliphatic carbocycles. The smallest absolute Gasteiger partial charge is 0.254 e. The summed E-state index contributed by atoms with van der Waals surface area (Å²) in [7, 11) is 0. The summed E-state index contributed by atoms with van der Waals surface area (Å²) in [5.74, 6) is 4.91. The molecule has 4 N–H and O–H groups in total. The topological polar surface area (TPSA) is 83.8 Å². The van der Waals surface area contributed by atoms with Crippen molar-refractivity contribution in [3.63, 3.8) is 0 Å². The lowest BCUT2D eigenvalue weighted by molar-refractivity contribution is 0.0934. The molecule has 0 aliphatic heterocycles. The van der Waals surface area contributed by atoms with Crippen LogP contribution >= 0.6 is 0 Å². The average Bonchev–Trinajstić information content (AvgIpc) is 3.00. The number of amides is 1. The predicted molar refractivity (Wildman–Crippen MR) is 76.8 cm³/mol. The second-order valence-corrected chi connectivity index (χ2v) is 4.37. The van der Waals surface area contributed by atoms with Crippen molar-refractivity contribution in [1.29, 1.82) is 0 Å². The average molecular weight is 286 g/mol. The monoisotopic (exact) mass is 286 g/mol. The van der Waals surface area contributed by atoms with Crippen LogP contribution in [0.2, 0.25) is 0 Å². The molecule has 0 spiro atoms. The van der Waals surface area contributed by atoms with Crippen LogP contribution < -0.4 is 11.1 Å². The van der Waals surface area contributed by atoms with E-state index < -0.39 is 11.7 Å². The summed E-state index contributed by atoms with van der Waals surface area (Å²) >= 11 is 0. The molecule has 0 fully saturated rings. The molecule has 0 aliphatic rings. The van der Waals surface area contributed by atoms with Gasteiger partial charge in [0.2, 0.25) is 0 Å². The maximum absolute atomic E-state index is 13.8. The van der Waals surface area contributed by atoms with Gasteiger partial charge in [-0.25, -0.2) is 9.37 Å². The Labute approximate surface area is 121 Å². The quantitative estimate of drug-likeness (QED) is 0.745. The maximum Gasteiger partial charge on any atom is 0.254 e. The molecule has 1 heterocycles. The van der Waals surface area contributed by atoms with Crippen LogP contribution in [0.1, 0.15) is 34.7 Å². The van der Waals surface area contributed by atoms with Crippen molar-refractivity contribution in [2.24, 2.45) is 5.73 Å². The molecule has 0 saturated carbocycles. The number of carbonyl (C=O) groups is 1. The highest BCUT2D eigenvalue weighted by Crippen LogP contribution is 2.13. The molecule has 2 rings (SSSR count). The summed E-state index contributed by atoms with van der Waals surface area (Å²) in [5.41, 5.74) is 5.77. The van der Waals surface area contributed by atoms with Gasteiger partial charge < -0.3 is 16.0 Å². The van der Waals surface area contributed by atoms with Gasteiger partial charge in [-0.1, -0.05) is 11.8 Å². The molecule has 5 nitrogen and oxygen atoms in total. The maximum atomic E-state index is 13.8. The highest BCUT2D eigenvalue weighted by atomic mass is 19.1. The molecule has 2 aromatic rings. The zero-order valence-corrected chi connectivity index (χ0v) is 11.5. The number of hydrogen-bond donors (Lipinski definition) is 3. The minimum Gasteiger partial charge on any atom is -0.347 e. The van der Waals surface area contributed by atoms with Crippen LogP contribution in [-0.4, -0.2) is 22.4 Å². The van der Waals surface area contributed by atoms with E-state index in [0.29, 0.717) is 11.4 Å². The third-order valence-electron chi connectivity index (χ3n) is 2.82. The van der Waals surface area contributed by atoms with Crippen LogP contribution in [0, 0.1) is 17.7 Å². The summed E-state index contributed by atoms with van der Waals surface area (Å²) in [6, 6.07) is 3.77. The van der Waals surface area contributed by atoms with Gasteiger partial charge in [-0.3, -0.25) is 4.79 Å². The summed E-state index contributed by atoms with van der Waals surface area (Å²) in [5, 5.41) is 2.68. The first-order valence-electron chi connectivity index (χ1n) is 6.40. The van der Waals surface area contributed by atoms with Gasteiger partial charge in [-0.2, -0.15) is 0 Å². The lowest BCUT2D eigenvalue weighted by Gasteiger charge is -2.12. The highest BCUT2D eigenvalue weighted by molar-refractivity contribution is 5.95. The first-order chi connectivity index (χ1) is 10.1. The standard InChI is InChI=1S/C15H15FN4O/c1-10(14-18-7-8-19-14)20-15(21)12-9-11(3-2-6-17)4-5-13(12)16/h4-5,7-10H,6,17H2,1H3,(H,18,19)(H,20,21). The molecule has 1 unspecified atom stereocenters. The summed E-state index contributed by atoms with van der Waals surface area (Å²) in [4.78, 5) is 19.1. The van der Waals surface area contributed by atoms with Gasteiger partial charge in [-0.15, -0.1) is 0 Å². The van der Waals surface area contributed by atoms with Crippen LogP contribution in [0.4, 0.5) is 4.39 Å². The van der Waals surface area contributed by atoms with Gasteiger partial charge >= 0.3 is 0 Å². The number of aromatic nitrogens is 2. The summed E-state index contributed by atoms with van der Waals surface area (Å²) in [6.07, 6.45) is 3.24. The lowest BCUT2D eigenvalue weighted by atomic mass is 10.1. The normalized spacial score (nSPS) is 11.4. The molecule has 108 valence electrons. The number of carbonyl (C=O) groups excluding carboxylic acids is 1. The number of rotatable bonds is 3. The molecule has 21 heavy (non-hydrogen) atoms. The Kier molecular flexibility index (Phi) is 4.69. The molecule has 0 radical (unpaired) electrons. The van der Waals surface area contributed by atoms with E-state index in [4.69, 9.17) is 5.73 Å². The molecule has 1 aromatic carbocycles. The van der Waals surface area contributed by atoms with E-state index in [1.807, 2.05) is 0 Å². The van der Waals surface area contributed by atoms with E-state index in [2.05, 4.69) is 27.1 Å². The van der Waals surface area contributed by atoms with Gasteiger partial charge in [0.1, 0.15) is 11.6 Å². The summed E-state index contributed by atoms with van der Waals surface area (Å²) < 4.78 is 13.8. The van der Waals surface area contributed by atoms with Gasteiger partial charge in [-0.05, 0) is 25.1 Å². The Bertz CT molecular complexity index is 685. The van der Waals surface area contributed by atoms with Gasteiger partial charge in [0.05, 0.1) is 18.2 Å². The van der Waals surface area contributed by atoms with Crippen LogP contribution in [-0.2, 0) is 0 Å². The van der Waals surface area contributed by atoms with E-state index in [-0.39, 0.29) is 18.2 Å². The van der Waals surface area contributed by atoms with Crippen molar-refractivity contribution in [2.45, 2.75) is 13.0 Å². The van der Waals surface area contributed by atoms with Crippen molar-refractivity contribution >= 4 is 5.91 Å². The Morgan fingerprint density at radius 2 is 2.38 bits per heavy atom. The van der Waals surface area contributed by atoms with E-state index in [0.717, 1.165) is 0 Å². The van der Waals surface area contributed by atoms with Crippen LogP contribution in [0.3, 0.4) is 0 Å². The molecule has 0 saturated heterocycles. The Balaban J connectivity index is 2.18. The minimum atomic E-state index is -0.600. The third kappa shape index (κ3) is 3.68. The van der Waals surface area contributed by atoms with Gasteiger partial charge in [0.25, 0.3) is 5.91 Å². The number of nitrogens with one attached hydrogen (secondary N) is 2. The van der Waals surface area contributed by atoms with Crippen molar-refractivity contribution in [2.75, 3.05) is 6.54 Å². The molecule has 6 heteroatoms. The van der Waals surface area contributed by atoms with Crippen molar-refractivity contribution in [1.82, 2.24) is 15.3 Å². The molecular weight excluding hydrogens is 271 g/mol. The number of benzene rings is 1. The molecule has 1 amide bonds.